The zero-order valence-electron chi connectivity index (χ0n) is 21.7. The number of esters is 1. The second-order valence-electron chi connectivity index (χ2n) is 10.7. The SMILES string of the molecule is CC(C)c1ccc(CC(NC(=O)OCC2c3ccccc3-c3ccccc32)C(=O)OC(C)(C)C)cc1. The Morgan fingerprint density at radius 2 is 1.42 bits per heavy atom. The molecule has 0 bridgehead atoms. The fourth-order valence-corrected chi connectivity index (χ4v) is 4.62. The third-order valence-corrected chi connectivity index (χ3v) is 6.41. The molecule has 1 N–H and O–H groups in total. The molecule has 0 heterocycles. The fourth-order valence-electron chi connectivity index (χ4n) is 4.62. The van der Waals surface area contributed by atoms with Crippen LogP contribution in [-0.4, -0.2) is 30.3 Å². The topological polar surface area (TPSA) is 64.6 Å². The lowest BCUT2D eigenvalue weighted by atomic mass is 9.98. The number of ether oxygens (including phenoxy) is 2. The maximum atomic E-state index is 13.0. The number of alkyl carbamates (subject to hydrolysis) is 1. The fraction of sp³-hybridized carbons (Fsp3) is 0.355. The van der Waals surface area contributed by atoms with Gasteiger partial charge in [-0.3, -0.25) is 0 Å². The van der Waals surface area contributed by atoms with Gasteiger partial charge in [0.25, 0.3) is 0 Å². The molecule has 1 unspecified atom stereocenters. The van der Waals surface area contributed by atoms with E-state index in [4.69, 9.17) is 9.47 Å². The Labute approximate surface area is 213 Å². The summed E-state index contributed by atoms with van der Waals surface area (Å²) in [5.41, 5.74) is 6.10. The highest BCUT2D eigenvalue weighted by Crippen LogP contribution is 2.44. The molecule has 0 radical (unpaired) electrons. The highest BCUT2D eigenvalue weighted by atomic mass is 16.6. The Bertz CT molecular complexity index is 1180. The summed E-state index contributed by atoms with van der Waals surface area (Å²) in [6.07, 6.45) is -0.316. The minimum absolute atomic E-state index is 0.0493. The second-order valence-corrected chi connectivity index (χ2v) is 10.7. The summed E-state index contributed by atoms with van der Waals surface area (Å²) in [7, 11) is 0. The lowest BCUT2D eigenvalue weighted by Crippen LogP contribution is -2.46. The number of hydrogen-bond donors (Lipinski definition) is 1. The largest absolute Gasteiger partial charge is 0.458 e. The summed E-state index contributed by atoms with van der Waals surface area (Å²) in [6, 6.07) is 23.6. The summed E-state index contributed by atoms with van der Waals surface area (Å²) < 4.78 is 11.3. The van der Waals surface area contributed by atoms with E-state index in [1.54, 1.807) is 0 Å². The normalized spacial score (nSPS) is 13.6. The molecule has 0 spiro atoms. The average Bonchev–Trinajstić information content (AvgIpc) is 3.15. The average molecular weight is 486 g/mol. The van der Waals surface area contributed by atoms with E-state index < -0.39 is 23.7 Å². The van der Waals surface area contributed by atoms with Gasteiger partial charge in [0.15, 0.2) is 0 Å². The number of carbonyl (C=O) groups is 2. The van der Waals surface area contributed by atoms with E-state index in [1.807, 2.05) is 57.2 Å². The van der Waals surface area contributed by atoms with Gasteiger partial charge >= 0.3 is 12.1 Å². The standard InChI is InChI=1S/C31H35NO4/c1-20(2)22-16-14-21(15-17-22)18-28(29(33)36-31(3,4)5)32-30(34)35-19-27-25-12-8-6-10-23(25)24-11-7-9-13-26(24)27/h6-17,20,27-28H,18-19H2,1-5H3,(H,32,34). The minimum Gasteiger partial charge on any atom is -0.458 e. The maximum absolute atomic E-state index is 13.0. The highest BCUT2D eigenvalue weighted by Gasteiger charge is 2.31. The summed E-state index contributed by atoms with van der Waals surface area (Å²) >= 11 is 0. The summed E-state index contributed by atoms with van der Waals surface area (Å²) in [5.74, 6) is -0.115. The van der Waals surface area contributed by atoms with E-state index in [0.717, 1.165) is 16.7 Å². The van der Waals surface area contributed by atoms with Crippen LogP contribution in [-0.2, 0) is 20.7 Å². The summed E-state index contributed by atoms with van der Waals surface area (Å²) in [6.45, 7) is 9.89. The lowest BCUT2D eigenvalue weighted by Gasteiger charge is -2.25. The molecule has 0 aromatic heterocycles. The van der Waals surface area contributed by atoms with Gasteiger partial charge in [-0.15, -0.1) is 0 Å². The summed E-state index contributed by atoms with van der Waals surface area (Å²) in [5, 5.41) is 2.76. The predicted molar refractivity (Wildman–Crippen MR) is 142 cm³/mol. The van der Waals surface area contributed by atoms with Crippen molar-refractivity contribution >= 4 is 12.1 Å². The van der Waals surface area contributed by atoms with Crippen LogP contribution >= 0.6 is 0 Å². The van der Waals surface area contributed by atoms with Gasteiger partial charge in [0.2, 0.25) is 0 Å². The maximum Gasteiger partial charge on any atom is 0.407 e. The van der Waals surface area contributed by atoms with Crippen molar-refractivity contribution in [3.05, 3.63) is 95.1 Å². The van der Waals surface area contributed by atoms with Crippen LogP contribution in [0.15, 0.2) is 72.8 Å². The third kappa shape index (κ3) is 5.96. The number of rotatable bonds is 7. The molecule has 0 fully saturated rings. The first-order chi connectivity index (χ1) is 17.1. The van der Waals surface area contributed by atoms with Gasteiger partial charge in [0, 0.05) is 12.3 Å². The van der Waals surface area contributed by atoms with Crippen molar-refractivity contribution in [2.45, 2.75) is 64.5 Å². The predicted octanol–water partition coefficient (Wildman–Crippen LogP) is 6.60. The van der Waals surface area contributed by atoms with Crippen molar-refractivity contribution in [3.63, 3.8) is 0 Å². The van der Waals surface area contributed by atoms with Crippen LogP contribution < -0.4 is 5.32 Å². The van der Waals surface area contributed by atoms with E-state index in [9.17, 15) is 9.59 Å². The molecule has 0 aliphatic heterocycles. The number of hydrogen-bond acceptors (Lipinski definition) is 4. The lowest BCUT2D eigenvalue weighted by molar-refractivity contribution is -0.157. The first-order valence-electron chi connectivity index (χ1n) is 12.6. The molecule has 4 rings (SSSR count). The van der Waals surface area contributed by atoms with Gasteiger partial charge in [0.1, 0.15) is 18.2 Å². The molecule has 188 valence electrons. The highest BCUT2D eigenvalue weighted by molar-refractivity contribution is 5.82. The van der Waals surface area contributed by atoms with Crippen LogP contribution in [0.3, 0.4) is 0 Å². The van der Waals surface area contributed by atoms with E-state index in [1.165, 1.54) is 16.7 Å². The van der Waals surface area contributed by atoms with Gasteiger partial charge in [-0.2, -0.15) is 0 Å². The summed E-state index contributed by atoms with van der Waals surface area (Å²) in [4.78, 5) is 25.9. The van der Waals surface area contributed by atoms with Crippen LogP contribution in [0.4, 0.5) is 4.79 Å². The smallest absolute Gasteiger partial charge is 0.407 e. The molecule has 1 aliphatic rings. The Kier molecular flexibility index (Phi) is 7.48. The molecule has 36 heavy (non-hydrogen) atoms. The molecule has 1 atom stereocenters. The molecule has 0 saturated heterocycles. The Balaban J connectivity index is 1.46. The first kappa shape index (κ1) is 25.5. The molecule has 0 saturated carbocycles. The molecule has 1 amide bonds. The van der Waals surface area contributed by atoms with Gasteiger partial charge in [-0.1, -0.05) is 86.6 Å². The van der Waals surface area contributed by atoms with Gasteiger partial charge in [-0.05, 0) is 60.1 Å². The van der Waals surface area contributed by atoms with Gasteiger partial charge < -0.3 is 14.8 Å². The van der Waals surface area contributed by atoms with E-state index in [0.29, 0.717) is 12.3 Å². The van der Waals surface area contributed by atoms with Crippen molar-refractivity contribution in [2.24, 2.45) is 0 Å². The number of fused-ring (bicyclic) bond motifs is 3. The molecule has 1 aliphatic carbocycles. The number of carbonyl (C=O) groups excluding carboxylic acids is 2. The number of amides is 1. The van der Waals surface area contributed by atoms with Crippen LogP contribution in [0, 0.1) is 0 Å². The molecule has 3 aromatic rings. The number of benzene rings is 3. The monoisotopic (exact) mass is 485 g/mol. The minimum atomic E-state index is -0.857. The van der Waals surface area contributed by atoms with E-state index in [-0.39, 0.29) is 12.5 Å². The van der Waals surface area contributed by atoms with Gasteiger partial charge in [-0.25, -0.2) is 9.59 Å². The van der Waals surface area contributed by atoms with Crippen LogP contribution in [0.2, 0.25) is 0 Å². The van der Waals surface area contributed by atoms with Crippen LogP contribution in [0.5, 0.6) is 0 Å². The van der Waals surface area contributed by atoms with Crippen molar-refractivity contribution < 1.29 is 19.1 Å². The van der Waals surface area contributed by atoms with Gasteiger partial charge in [0.05, 0.1) is 0 Å². The van der Waals surface area contributed by atoms with E-state index >= 15 is 0 Å². The van der Waals surface area contributed by atoms with Crippen LogP contribution in [0.1, 0.15) is 68.7 Å². The first-order valence-corrected chi connectivity index (χ1v) is 12.6. The number of nitrogens with one attached hydrogen (secondary N) is 1. The van der Waals surface area contributed by atoms with E-state index in [2.05, 4.69) is 55.6 Å². The molecular weight excluding hydrogens is 450 g/mol. The zero-order chi connectivity index (χ0) is 25.9. The molecule has 3 aromatic carbocycles. The Hall–Kier alpha value is -3.60. The van der Waals surface area contributed by atoms with Crippen molar-refractivity contribution in [3.8, 4) is 11.1 Å². The third-order valence-electron chi connectivity index (χ3n) is 6.41. The van der Waals surface area contributed by atoms with Crippen molar-refractivity contribution in [1.29, 1.82) is 0 Å². The van der Waals surface area contributed by atoms with Crippen molar-refractivity contribution in [2.75, 3.05) is 6.61 Å². The molecule has 5 heteroatoms. The van der Waals surface area contributed by atoms with Crippen LogP contribution in [0.25, 0.3) is 11.1 Å². The zero-order valence-corrected chi connectivity index (χ0v) is 21.7. The molecule has 5 nitrogen and oxygen atoms in total. The van der Waals surface area contributed by atoms with Crippen molar-refractivity contribution in [1.82, 2.24) is 5.32 Å². The quantitative estimate of drug-likeness (QED) is 0.383. The molecular formula is C31H35NO4. The Morgan fingerprint density at radius 3 is 1.94 bits per heavy atom. The Morgan fingerprint density at radius 1 is 0.861 bits per heavy atom. The second kappa shape index (κ2) is 10.6.